The van der Waals surface area contributed by atoms with E-state index in [0.29, 0.717) is 18.9 Å². The molecule has 2 aromatic rings. The SMILES string of the molecule is COc1ccc(/C=C2/N=C(CCOc3ccccc3)OC2=O)cc1. The molecule has 2 aromatic carbocycles. The second-order valence-corrected chi connectivity index (χ2v) is 5.11. The van der Waals surface area contributed by atoms with Gasteiger partial charge in [0, 0.05) is 0 Å². The van der Waals surface area contributed by atoms with Gasteiger partial charge < -0.3 is 14.2 Å². The van der Waals surface area contributed by atoms with E-state index in [4.69, 9.17) is 14.2 Å². The Morgan fingerprint density at radius 1 is 1.04 bits per heavy atom. The largest absolute Gasteiger partial charge is 0.497 e. The number of hydrogen-bond acceptors (Lipinski definition) is 5. The summed E-state index contributed by atoms with van der Waals surface area (Å²) in [6, 6.07) is 16.8. The molecule has 0 bridgehead atoms. The highest BCUT2D eigenvalue weighted by Gasteiger charge is 2.22. The number of benzene rings is 2. The van der Waals surface area contributed by atoms with E-state index < -0.39 is 5.97 Å². The monoisotopic (exact) mass is 323 g/mol. The Morgan fingerprint density at radius 3 is 2.50 bits per heavy atom. The summed E-state index contributed by atoms with van der Waals surface area (Å²) in [6.07, 6.45) is 2.12. The molecule has 0 amide bonds. The number of carbonyl (C=O) groups excluding carboxylic acids is 1. The molecule has 0 fully saturated rings. The van der Waals surface area contributed by atoms with Gasteiger partial charge in [-0.15, -0.1) is 0 Å². The number of ether oxygens (including phenoxy) is 3. The number of aliphatic imine (C=N–C) groups is 1. The van der Waals surface area contributed by atoms with Crippen molar-refractivity contribution in [1.29, 1.82) is 0 Å². The summed E-state index contributed by atoms with van der Waals surface area (Å²) in [4.78, 5) is 16.1. The maximum atomic E-state index is 11.9. The van der Waals surface area contributed by atoms with Crippen LogP contribution in [0.1, 0.15) is 12.0 Å². The van der Waals surface area contributed by atoms with Gasteiger partial charge in [-0.05, 0) is 35.9 Å². The fraction of sp³-hybridized carbons (Fsp3) is 0.158. The molecule has 0 unspecified atom stereocenters. The Morgan fingerprint density at radius 2 is 1.79 bits per heavy atom. The van der Waals surface area contributed by atoms with Crippen molar-refractivity contribution < 1.29 is 19.0 Å². The van der Waals surface area contributed by atoms with E-state index in [2.05, 4.69) is 4.99 Å². The van der Waals surface area contributed by atoms with Gasteiger partial charge in [-0.2, -0.15) is 0 Å². The van der Waals surface area contributed by atoms with E-state index in [1.54, 1.807) is 13.2 Å². The lowest BCUT2D eigenvalue weighted by molar-refractivity contribution is -0.130. The fourth-order valence-corrected chi connectivity index (χ4v) is 2.19. The first kappa shape index (κ1) is 15.8. The maximum absolute atomic E-state index is 11.9. The van der Waals surface area contributed by atoms with Gasteiger partial charge in [0.2, 0.25) is 5.90 Å². The summed E-state index contributed by atoms with van der Waals surface area (Å²) in [5.74, 6) is 1.46. The van der Waals surface area contributed by atoms with Crippen LogP contribution in [0.25, 0.3) is 6.08 Å². The van der Waals surface area contributed by atoms with Gasteiger partial charge in [-0.1, -0.05) is 30.3 Å². The fourth-order valence-electron chi connectivity index (χ4n) is 2.19. The Balaban J connectivity index is 1.60. The summed E-state index contributed by atoms with van der Waals surface area (Å²) in [5.41, 5.74) is 1.14. The lowest BCUT2D eigenvalue weighted by atomic mass is 10.2. The third-order valence-corrected chi connectivity index (χ3v) is 3.41. The normalized spacial score (nSPS) is 15.1. The van der Waals surface area contributed by atoms with Crippen molar-refractivity contribution in [2.75, 3.05) is 13.7 Å². The Bertz CT molecular complexity index is 764. The van der Waals surface area contributed by atoms with Crippen LogP contribution in [0, 0.1) is 0 Å². The van der Waals surface area contributed by atoms with E-state index in [1.165, 1.54) is 0 Å². The molecule has 0 aromatic heterocycles. The third kappa shape index (κ3) is 4.01. The van der Waals surface area contributed by atoms with Crippen molar-refractivity contribution in [3.05, 3.63) is 65.9 Å². The molecule has 0 radical (unpaired) electrons. The summed E-state index contributed by atoms with van der Waals surface area (Å²) in [6.45, 7) is 0.395. The van der Waals surface area contributed by atoms with E-state index in [1.807, 2.05) is 54.6 Å². The zero-order valence-corrected chi connectivity index (χ0v) is 13.3. The highest BCUT2D eigenvalue weighted by molar-refractivity contribution is 6.07. The van der Waals surface area contributed by atoms with Crippen LogP contribution in [0.4, 0.5) is 0 Å². The van der Waals surface area contributed by atoms with E-state index in [-0.39, 0.29) is 5.70 Å². The molecule has 5 heteroatoms. The predicted molar refractivity (Wildman–Crippen MR) is 91.1 cm³/mol. The van der Waals surface area contributed by atoms with Gasteiger partial charge in [0.1, 0.15) is 11.5 Å². The maximum Gasteiger partial charge on any atom is 0.363 e. The van der Waals surface area contributed by atoms with Gasteiger partial charge in [0.05, 0.1) is 20.1 Å². The van der Waals surface area contributed by atoms with Crippen LogP contribution < -0.4 is 9.47 Å². The number of methoxy groups -OCH3 is 1. The summed E-state index contributed by atoms with van der Waals surface area (Å²) in [7, 11) is 1.61. The molecule has 24 heavy (non-hydrogen) atoms. The topological polar surface area (TPSA) is 57.1 Å². The van der Waals surface area contributed by atoms with Crippen LogP contribution in [0.15, 0.2) is 65.3 Å². The molecule has 3 rings (SSSR count). The predicted octanol–water partition coefficient (Wildman–Crippen LogP) is 3.46. The first-order valence-electron chi connectivity index (χ1n) is 7.58. The molecule has 0 spiro atoms. The molecule has 0 saturated heterocycles. The molecule has 122 valence electrons. The van der Waals surface area contributed by atoms with Crippen molar-refractivity contribution in [3.8, 4) is 11.5 Å². The number of rotatable bonds is 6. The molecule has 1 heterocycles. The zero-order valence-electron chi connectivity index (χ0n) is 13.3. The Hall–Kier alpha value is -3.08. The van der Waals surface area contributed by atoms with Crippen LogP contribution in [0.2, 0.25) is 0 Å². The average Bonchev–Trinajstić information content (AvgIpc) is 2.96. The lowest BCUT2D eigenvalue weighted by Crippen LogP contribution is -2.08. The van der Waals surface area contributed by atoms with Gasteiger partial charge in [0.25, 0.3) is 0 Å². The Kier molecular flexibility index (Phi) is 4.91. The average molecular weight is 323 g/mol. The third-order valence-electron chi connectivity index (χ3n) is 3.41. The number of esters is 1. The molecule has 0 atom stereocenters. The lowest BCUT2D eigenvalue weighted by Gasteiger charge is -2.04. The molecule has 1 aliphatic rings. The molecule has 0 N–H and O–H groups in total. The van der Waals surface area contributed by atoms with E-state index in [9.17, 15) is 4.79 Å². The minimum atomic E-state index is -0.444. The standard InChI is InChI=1S/C19H17NO4/c1-22-15-9-7-14(8-10-15)13-17-19(21)24-18(20-17)11-12-23-16-5-3-2-4-6-16/h2-10,13H,11-12H2,1H3/b17-13+. The van der Waals surface area contributed by atoms with Crippen LogP contribution in [-0.4, -0.2) is 25.6 Å². The molecule has 0 saturated carbocycles. The number of para-hydroxylation sites is 1. The summed E-state index contributed by atoms with van der Waals surface area (Å²) < 4.78 is 15.8. The van der Waals surface area contributed by atoms with Gasteiger partial charge >= 0.3 is 5.97 Å². The highest BCUT2D eigenvalue weighted by atomic mass is 16.6. The van der Waals surface area contributed by atoms with Crippen molar-refractivity contribution in [2.24, 2.45) is 4.99 Å². The van der Waals surface area contributed by atoms with Crippen molar-refractivity contribution in [2.45, 2.75) is 6.42 Å². The minimum Gasteiger partial charge on any atom is -0.497 e. The zero-order chi connectivity index (χ0) is 16.8. The van der Waals surface area contributed by atoms with E-state index in [0.717, 1.165) is 17.1 Å². The second kappa shape index (κ2) is 7.46. The molecule has 5 nitrogen and oxygen atoms in total. The van der Waals surface area contributed by atoms with Crippen LogP contribution in [0.3, 0.4) is 0 Å². The smallest absolute Gasteiger partial charge is 0.363 e. The molecular formula is C19H17NO4. The van der Waals surface area contributed by atoms with Crippen molar-refractivity contribution in [1.82, 2.24) is 0 Å². The van der Waals surface area contributed by atoms with Crippen molar-refractivity contribution in [3.63, 3.8) is 0 Å². The van der Waals surface area contributed by atoms with Gasteiger partial charge in [-0.25, -0.2) is 9.79 Å². The van der Waals surface area contributed by atoms with Crippen molar-refractivity contribution >= 4 is 17.9 Å². The summed E-state index contributed by atoms with van der Waals surface area (Å²) in [5, 5.41) is 0. The van der Waals surface area contributed by atoms with Crippen LogP contribution >= 0.6 is 0 Å². The minimum absolute atomic E-state index is 0.287. The molecule has 1 aliphatic heterocycles. The number of hydrogen-bond donors (Lipinski definition) is 0. The van der Waals surface area contributed by atoms with E-state index >= 15 is 0 Å². The number of cyclic esters (lactones) is 1. The molecule has 0 aliphatic carbocycles. The van der Waals surface area contributed by atoms with Gasteiger partial charge in [0.15, 0.2) is 5.70 Å². The highest BCUT2D eigenvalue weighted by Crippen LogP contribution is 2.19. The first-order chi connectivity index (χ1) is 11.7. The number of nitrogens with zero attached hydrogens (tertiary/aromatic N) is 1. The number of carbonyl (C=O) groups is 1. The molecular weight excluding hydrogens is 306 g/mol. The Labute approximate surface area is 140 Å². The van der Waals surface area contributed by atoms with Crippen LogP contribution in [-0.2, 0) is 9.53 Å². The summed E-state index contributed by atoms with van der Waals surface area (Å²) >= 11 is 0. The van der Waals surface area contributed by atoms with Crippen LogP contribution in [0.5, 0.6) is 11.5 Å². The first-order valence-corrected chi connectivity index (χ1v) is 7.58. The quantitative estimate of drug-likeness (QED) is 0.603. The second-order valence-electron chi connectivity index (χ2n) is 5.11. The van der Waals surface area contributed by atoms with Gasteiger partial charge in [-0.3, -0.25) is 0 Å².